The van der Waals surface area contributed by atoms with Crippen molar-refractivity contribution in [2.75, 3.05) is 52.5 Å². The quantitative estimate of drug-likeness (QED) is 0.824. The van der Waals surface area contributed by atoms with Crippen molar-refractivity contribution in [3.8, 4) is 0 Å². The molecular formula is C12H19BrN4O. The van der Waals surface area contributed by atoms with Gasteiger partial charge in [-0.15, -0.1) is 0 Å². The molecule has 2 aliphatic rings. The zero-order chi connectivity index (χ0) is 12.4. The van der Waals surface area contributed by atoms with E-state index in [1.165, 1.54) is 13.1 Å². The lowest BCUT2D eigenvalue weighted by Crippen LogP contribution is -2.51. The summed E-state index contributed by atoms with van der Waals surface area (Å²) in [6.45, 7) is 8.54. The maximum Gasteiger partial charge on any atom is 0.0773 e. The monoisotopic (exact) mass is 314 g/mol. The van der Waals surface area contributed by atoms with Crippen LogP contribution in [0.5, 0.6) is 0 Å². The molecule has 1 aromatic rings. The summed E-state index contributed by atoms with van der Waals surface area (Å²) in [7, 11) is 0. The summed E-state index contributed by atoms with van der Waals surface area (Å²) in [6, 6.07) is 0.556. The molecule has 0 aliphatic carbocycles. The Morgan fingerprint density at radius 1 is 1.22 bits per heavy atom. The molecule has 100 valence electrons. The van der Waals surface area contributed by atoms with Gasteiger partial charge in [-0.3, -0.25) is 14.5 Å². The molecule has 0 atom stereocenters. The van der Waals surface area contributed by atoms with Crippen molar-refractivity contribution in [1.29, 1.82) is 0 Å². The molecule has 1 aromatic heterocycles. The van der Waals surface area contributed by atoms with E-state index >= 15 is 0 Å². The fraction of sp³-hybridized carbons (Fsp3) is 0.750. The maximum atomic E-state index is 5.35. The summed E-state index contributed by atoms with van der Waals surface area (Å²) in [6.07, 6.45) is 3.92. The van der Waals surface area contributed by atoms with E-state index in [2.05, 4.69) is 41.7 Å². The van der Waals surface area contributed by atoms with Crippen LogP contribution in [0.1, 0.15) is 6.04 Å². The van der Waals surface area contributed by atoms with Crippen LogP contribution in [-0.2, 0) is 4.74 Å². The molecule has 0 unspecified atom stereocenters. The third kappa shape index (κ3) is 2.93. The molecule has 18 heavy (non-hydrogen) atoms. The number of aromatic nitrogens is 2. The van der Waals surface area contributed by atoms with Crippen molar-refractivity contribution < 1.29 is 4.74 Å². The normalized spacial score (nSPS) is 23.2. The van der Waals surface area contributed by atoms with Gasteiger partial charge in [-0.1, -0.05) is 0 Å². The number of hydrogen-bond acceptors (Lipinski definition) is 4. The average molecular weight is 315 g/mol. The Morgan fingerprint density at radius 2 is 1.94 bits per heavy atom. The zero-order valence-corrected chi connectivity index (χ0v) is 12.0. The van der Waals surface area contributed by atoms with Gasteiger partial charge >= 0.3 is 0 Å². The standard InChI is InChI=1S/C12H19BrN4O/c13-11-7-14-17(8-11)12-9-16(10-12)2-1-15-3-5-18-6-4-15/h7-8,12H,1-6,9-10H2. The minimum absolute atomic E-state index is 0.556. The number of morpholine rings is 1. The van der Waals surface area contributed by atoms with Gasteiger partial charge in [-0.25, -0.2) is 0 Å². The van der Waals surface area contributed by atoms with Crippen LogP contribution in [-0.4, -0.2) is 72.1 Å². The molecule has 3 rings (SSSR count). The van der Waals surface area contributed by atoms with Gasteiger partial charge < -0.3 is 4.74 Å². The average Bonchev–Trinajstić information content (AvgIpc) is 2.75. The Bertz CT molecular complexity index is 385. The highest BCUT2D eigenvalue weighted by Gasteiger charge is 2.28. The van der Waals surface area contributed by atoms with Crippen molar-refractivity contribution in [3.63, 3.8) is 0 Å². The molecule has 0 amide bonds. The Balaban J connectivity index is 1.37. The third-order valence-electron chi connectivity index (χ3n) is 3.72. The van der Waals surface area contributed by atoms with E-state index in [1.807, 2.05) is 6.20 Å². The van der Waals surface area contributed by atoms with E-state index in [-0.39, 0.29) is 0 Å². The summed E-state index contributed by atoms with van der Waals surface area (Å²) in [4.78, 5) is 4.98. The second-order valence-electron chi connectivity index (χ2n) is 5.01. The number of likely N-dealkylation sites (tertiary alicyclic amines) is 1. The molecule has 0 spiro atoms. The minimum atomic E-state index is 0.556. The van der Waals surface area contributed by atoms with Gasteiger partial charge in [0, 0.05) is 45.5 Å². The fourth-order valence-electron chi connectivity index (χ4n) is 2.51. The van der Waals surface area contributed by atoms with E-state index in [4.69, 9.17) is 4.74 Å². The first-order valence-electron chi connectivity index (χ1n) is 6.53. The molecule has 5 nitrogen and oxygen atoms in total. The SMILES string of the molecule is Brc1cnn(C2CN(CCN3CCOCC3)C2)c1. The fourth-order valence-corrected chi connectivity index (χ4v) is 2.82. The molecule has 0 bridgehead atoms. The summed E-state index contributed by atoms with van der Waals surface area (Å²) in [5, 5.41) is 4.34. The Hall–Kier alpha value is -0.430. The lowest BCUT2D eigenvalue weighted by atomic mass is 10.1. The number of ether oxygens (including phenoxy) is 1. The maximum absolute atomic E-state index is 5.35. The first kappa shape index (κ1) is 12.6. The third-order valence-corrected chi connectivity index (χ3v) is 4.13. The van der Waals surface area contributed by atoms with Gasteiger partial charge in [0.05, 0.1) is 29.9 Å². The first-order chi connectivity index (χ1) is 8.81. The molecule has 2 saturated heterocycles. The van der Waals surface area contributed by atoms with Crippen LogP contribution in [0.4, 0.5) is 0 Å². The highest BCUT2D eigenvalue weighted by Crippen LogP contribution is 2.21. The van der Waals surface area contributed by atoms with Crippen molar-refractivity contribution in [1.82, 2.24) is 19.6 Å². The van der Waals surface area contributed by atoms with Crippen LogP contribution in [0.15, 0.2) is 16.9 Å². The summed E-state index contributed by atoms with van der Waals surface area (Å²) >= 11 is 3.44. The largest absolute Gasteiger partial charge is 0.379 e. The van der Waals surface area contributed by atoms with Gasteiger partial charge in [0.25, 0.3) is 0 Å². The Kier molecular flexibility index (Phi) is 3.98. The molecule has 0 aromatic carbocycles. The summed E-state index contributed by atoms with van der Waals surface area (Å²) < 4.78 is 8.48. The molecule has 6 heteroatoms. The van der Waals surface area contributed by atoms with Gasteiger partial charge in [-0.2, -0.15) is 5.10 Å². The molecular weight excluding hydrogens is 296 g/mol. The van der Waals surface area contributed by atoms with Crippen LogP contribution in [0.3, 0.4) is 0 Å². The molecule has 0 N–H and O–H groups in total. The Morgan fingerprint density at radius 3 is 2.61 bits per heavy atom. The topological polar surface area (TPSA) is 33.5 Å². The number of nitrogens with zero attached hydrogens (tertiary/aromatic N) is 4. The van der Waals surface area contributed by atoms with Gasteiger partial charge in [0.1, 0.15) is 0 Å². The Labute approximate surface area is 116 Å². The summed E-state index contributed by atoms with van der Waals surface area (Å²) in [5.41, 5.74) is 0. The lowest BCUT2D eigenvalue weighted by Gasteiger charge is -2.40. The highest BCUT2D eigenvalue weighted by molar-refractivity contribution is 9.10. The van der Waals surface area contributed by atoms with Crippen molar-refractivity contribution in [2.45, 2.75) is 6.04 Å². The number of halogens is 1. The second-order valence-corrected chi connectivity index (χ2v) is 5.92. The highest BCUT2D eigenvalue weighted by atomic mass is 79.9. The molecule has 2 fully saturated rings. The number of rotatable bonds is 4. The van der Waals surface area contributed by atoms with E-state index in [1.54, 1.807) is 0 Å². The van der Waals surface area contributed by atoms with Crippen LogP contribution in [0, 0.1) is 0 Å². The predicted octanol–water partition coefficient (Wildman–Crippen LogP) is 0.834. The molecule has 0 saturated carbocycles. The van der Waals surface area contributed by atoms with Gasteiger partial charge in [0.15, 0.2) is 0 Å². The minimum Gasteiger partial charge on any atom is -0.379 e. The zero-order valence-electron chi connectivity index (χ0n) is 10.5. The first-order valence-corrected chi connectivity index (χ1v) is 7.33. The van der Waals surface area contributed by atoms with Crippen LogP contribution < -0.4 is 0 Å². The van der Waals surface area contributed by atoms with E-state index in [9.17, 15) is 0 Å². The molecule has 2 aliphatic heterocycles. The van der Waals surface area contributed by atoms with Crippen LogP contribution >= 0.6 is 15.9 Å². The van der Waals surface area contributed by atoms with E-state index in [0.717, 1.165) is 43.9 Å². The van der Waals surface area contributed by atoms with Crippen LogP contribution in [0.25, 0.3) is 0 Å². The smallest absolute Gasteiger partial charge is 0.0773 e. The van der Waals surface area contributed by atoms with E-state index < -0.39 is 0 Å². The van der Waals surface area contributed by atoms with Gasteiger partial charge in [0.2, 0.25) is 0 Å². The second kappa shape index (κ2) is 5.69. The van der Waals surface area contributed by atoms with Crippen LogP contribution in [0.2, 0.25) is 0 Å². The summed E-state index contributed by atoms with van der Waals surface area (Å²) in [5.74, 6) is 0. The number of hydrogen-bond donors (Lipinski definition) is 0. The van der Waals surface area contributed by atoms with E-state index in [0.29, 0.717) is 6.04 Å². The van der Waals surface area contributed by atoms with Crippen molar-refractivity contribution in [3.05, 3.63) is 16.9 Å². The van der Waals surface area contributed by atoms with Crippen molar-refractivity contribution in [2.24, 2.45) is 0 Å². The predicted molar refractivity (Wildman–Crippen MR) is 72.7 cm³/mol. The molecule has 0 radical (unpaired) electrons. The van der Waals surface area contributed by atoms with Gasteiger partial charge in [-0.05, 0) is 15.9 Å². The molecule has 3 heterocycles. The van der Waals surface area contributed by atoms with Crippen molar-refractivity contribution >= 4 is 15.9 Å². The lowest BCUT2D eigenvalue weighted by molar-refractivity contribution is 0.0228.